The van der Waals surface area contributed by atoms with Gasteiger partial charge in [0.2, 0.25) is 0 Å². The zero-order valence-corrected chi connectivity index (χ0v) is 14.5. The molecule has 0 unspecified atom stereocenters. The Labute approximate surface area is 146 Å². The molecule has 0 heterocycles. The van der Waals surface area contributed by atoms with E-state index in [0.29, 0.717) is 5.69 Å². The van der Waals surface area contributed by atoms with Crippen molar-refractivity contribution in [2.75, 3.05) is 18.0 Å². The summed E-state index contributed by atoms with van der Waals surface area (Å²) in [6, 6.07) is 12.6. The van der Waals surface area contributed by atoms with Crippen LogP contribution in [0.25, 0.3) is 0 Å². The maximum absolute atomic E-state index is 13.0. The van der Waals surface area contributed by atoms with Crippen molar-refractivity contribution in [2.24, 2.45) is 0 Å². The summed E-state index contributed by atoms with van der Waals surface area (Å²) in [5.74, 6) is -0.641. The van der Waals surface area contributed by atoms with Gasteiger partial charge in [-0.15, -0.1) is 6.58 Å². The van der Waals surface area contributed by atoms with Crippen molar-refractivity contribution in [3.05, 3.63) is 71.8 Å². The molecule has 0 radical (unpaired) electrons. The zero-order valence-electron chi connectivity index (χ0n) is 13.0. The van der Waals surface area contributed by atoms with Gasteiger partial charge in [0.15, 0.2) is 0 Å². The normalized spacial score (nSPS) is 10.9. The van der Waals surface area contributed by atoms with E-state index in [1.807, 2.05) is 0 Å². The minimum Gasteiger partial charge on any atom is -0.465 e. The summed E-state index contributed by atoms with van der Waals surface area (Å²) in [5, 5.41) is 0.0210. The number of carbonyl (C=O) groups is 1. The first-order chi connectivity index (χ1) is 11.4. The second-order valence-corrected chi connectivity index (χ2v) is 7.04. The van der Waals surface area contributed by atoms with E-state index in [9.17, 15) is 13.2 Å². The summed E-state index contributed by atoms with van der Waals surface area (Å²) in [4.78, 5) is 11.5. The molecule has 0 aliphatic heterocycles. The van der Waals surface area contributed by atoms with Gasteiger partial charge in [0.05, 0.1) is 29.9 Å². The molecule has 0 bridgehead atoms. The fraction of sp³-hybridized carbons (Fsp3) is 0.118. The SMILES string of the molecule is C=CCN(c1ccccc1)S(=O)(=O)c1cc(C(=O)OC)ccc1Cl. The predicted octanol–water partition coefficient (Wildman–Crippen LogP) is 3.51. The van der Waals surface area contributed by atoms with E-state index in [1.54, 1.807) is 30.3 Å². The number of ether oxygens (including phenoxy) is 1. The highest BCUT2D eigenvalue weighted by molar-refractivity contribution is 7.93. The lowest BCUT2D eigenvalue weighted by atomic mass is 10.2. The van der Waals surface area contributed by atoms with Crippen LogP contribution >= 0.6 is 11.6 Å². The number of halogens is 1. The van der Waals surface area contributed by atoms with Crippen molar-refractivity contribution in [3.63, 3.8) is 0 Å². The van der Waals surface area contributed by atoms with Crippen molar-refractivity contribution in [3.8, 4) is 0 Å². The molecule has 0 saturated carbocycles. The topological polar surface area (TPSA) is 63.7 Å². The van der Waals surface area contributed by atoms with Crippen LogP contribution in [0.4, 0.5) is 5.69 Å². The molecule has 0 aliphatic rings. The molecule has 126 valence electrons. The fourth-order valence-corrected chi connectivity index (χ4v) is 4.06. The van der Waals surface area contributed by atoms with Crippen LogP contribution in [0, 0.1) is 0 Å². The van der Waals surface area contributed by atoms with E-state index in [-0.39, 0.29) is 22.0 Å². The molecule has 0 fully saturated rings. The number of hydrogen-bond acceptors (Lipinski definition) is 4. The number of sulfonamides is 1. The largest absolute Gasteiger partial charge is 0.465 e. The molecule has 0 spiro atoms. The van der Waals surface area contributed by atoms with Crippen LogP contribution in [0.3, 0.4) is 0 Å². The Morgan fingerprint density at radius 2 is 1.92 bits per heavy atom. The quantitative estimate of drug-likeness (QED) is 0.580. The number of hydrogen-bond donors (Lipinski definition) is 0. The highest BCUT2D eigenvalue weighted by Crippen LogP contribution is 2.29. The Balaban J connectivity index is 2.59. The van der Waals surface area contributed by atoms with Gasteiger partial charge in [0, 0.05) is 0 Å². The van der Waals surface area contributed by atoms with E-state index in [1.165, 1.54) is 35.7 Å². The number of rotatable bonds is 6. The molecule has 7 heteroatoms. The molecule has 0 atom stereocenters. The smallest absolute Gasteiger partial charge is 0.337 e. The summed E-state index contributed by atoms with van der Waals surface area (Å²) in [5.41, 5.74) is 0.573. The van der Waals surface area contributed by atoms with Gasteiger partial charge >= 0.3 is 5.97 Å². The van der Waals surface area contributed by atoms with E-state index >= 15 is 0 Å². The van der Waals surface area contributed by atoms with Gasteiger partial charge in [-0.05, 0) is 30.3 Å². The molecule has 0 N–H and O–H groups in total. The number of carbonyl (C=O) groups excluding carboxylic acids is 1. The van der Waals surface area contributed by atoms with Gasteiger partial charge in [-0.3, -0.25) is 4.31 Å². The second kappa shape index (κ2) is 7.51. The first-order valence-electron chi connectivity index (χ1n) is 6.98. The Bertz CT molecular complexity index is 850. The van der Waals surface area contributed by atoms with Crippen molar-refractivity contribution in [1.29, 1.82) is 0 Å². The van der Waals surface area contributed by atoms with Crippen molar-refractivity contribution in [2.45, 2.75) is 4.90 Å². The van der Waals surface area contributed by atoms with Crippen molar-refractivity contribution >= 4 is 33.3 Å². The summed E-state index contributed by atoms with van der Waals surface area (Å²) in [7, 11) is -2.77. The van der Waals surface area contributed by atoms with Crippen molar-refractivity contribution < 1.29 is 17.9 Å². The number of benzene rings is 2. The molecular formula is C17H16ClNO4S. The standard InChI is InChI=1S/C17H16ClNO4S/c1-3-11-19(14-7-5-4-6-8-14)24(21,22)16-12-13(17(20)23-2)9-10-15(16)18/h3-10,12H,1,11H2,2H3. The van der Waals surface area contributed by atoms with E-state index in [0.717, 1.165) is 0 Å². The van der Waals surface area contributed by atoms with E-state index in [2.05, 4.69) is 11.3 Å². The second-order valence-electron chi connectivity index (χ2n) is 4.80. The summed E-state index contributed by atoms with van der Waals surface area (Å²) < 4.78 is 31.9. The Kier molecular flexibility index (Phi) is 5.64. The molecule has 2 aromatic carbocycles. The lowest BCUT2D eigenvalue weighted by Crippen LogP contribution is -2.31. The average molecular weight is 366 g/mol. The third kappa shape index (κ3) is 3.60. The minimum atomic E-state index is -3.99. The average Bonchev–Trinajstić information content (AvgIpc) is 2.59. The van der Waals surface area contributed by atoms with E-state index in [4.69, 9.17) is 11.6 Å². The predicted molar refractivity (Wildman–Crippen MR) is 94.0 cm³/mol. The fourth-order valence-electron chi connectivity index (χ4n) is 2.12. The van der Waals surface area contributed by atoms with Gasteiger partial charge in [0.25, 0.3) is 10.0 Å². The first-order valence-corrected chi connectivity index (χ1v) is 8.80. The maximum atomic E-state index is 13.0. The monoisotopic (exact) mass is 365 g/mol. The molecule has 0 aliphatic carbocycles. The number of para-hydroxylation sites is 1. The Morgan fingerprint density at radius 1 is 1.25 bits per heavy atom. The highest BCUT2D eigenvalue weighted by atomic mass is 35.5. The van der Waals surface area contributed by atoms with Gasteiger partial charge in [-0.25, -0.2) is 13.2 Å². The van der Waals surface area contributed by atoms with E-state index < -0.39 is 16.0 Å². The lowest BCUT2D eigenvalue weighted by Gasteiger charge is -2.23. The van der Waals surface area contributed by atoms with Crippen LogP contribution in [0.1, 0.15) is 10.4 Å². The molecule has 2 aromatic rings. The molecule has 0 amide bonds. The Morgan fingerprint density at radius 3 is 2.50 bits per heavy atom. The Hall–Kier alpha value is -2.31. The molecule has 0 aromatic heterocycles. The highest BCUT2D eigenvalue weighted by Gasteiger charge is 2.27. The number of esters is 1. The summed E-state index contributed by atoms with van der Waals surface area (Å²) in [6.07, 6.45) is 1.47. The van der Waals surface area contributed by atoms with Crippen LogP contribution in [0.15, 0.2) is 66.1 Å². The van der Waals surface area contributed by atoms with Gasteiger partial charge < -0.3 is 4.74 Å². The van der Waals surface area contributed by atoms with Gasteiger partial charge in [-0.1, -0.05) is 35.9 Å². The minimum absolute atomic E-state index is 0.0210. The van der Waals surface area contributed by atoms with Crippen LogP contribution in [-0.2, 0) is 14.8 Å². The van der Waals surface area contributed by atoms with Crippen LogP contribution < -0.4 is 4.31 Å². The maximum Gasteiger partial charge on any atom is 0.337 e. The number of anilines is 1. The molecule has 24 heavy (non-hydrogen) atoms. The van der Waals surface area contributed by atoms with Crippen LogP contribution in [0.2, 0.25) is 5.02 Å². The molecule has 5 nitrogen and oxygen atoms in total. The molecule has 0 saturated heterocycles. The lowest BCUT2D eigenvalue weighted by molar-refractivity contribution is 0.0600. The van der Waals surface area contributed by atoms with Gasteiger partial charge in [0.1, 0.15) is 4.90 Å². The van der Waals surface area contributed by atoms with Crippen molar-refractivity contribution in [1.82, 2.24) is 0 Å². The number of methoxy groups -OCH3 is 1. The summed E-state index contributed by atoms with van der Waals surface area (Å²) >= 11 is 6.08. The third-order valence-electron chi connectivity index (χ3n) is 3.26. The van der Waals surface area contributed by atoms with Gasteiger partial charge in [-0.2, -0.15) is 0 Å². The van der Waals surface area contributed by atoms with Crippen LogP contribution in [-0.4, -0.2) is 28.0 Å². The number of nitrogens with zero attached hydrogens (tertiary/aromatic N) is 1. The molecule has 2 rings (SSSR count). The zero-order chi connectivity index (χ0) is 17.7. The summed E-state index contributed by atoms with van der Waals surface area (Å²) in [6.45, 7) is 3.66. The molecular weight excluding hydrogens is 350 g/mol. The first kappa shape index (κ1) is 18.0. The third-order valence-corrected chi connectivity index (χ3v) is 5.53. The van der Waals surface area contributed by atoms with Crippen LogP contribution in [0.5, 0.6) is 0 Å².